The van der Waals surface area contributed by atoms with E-state index in [-0.39, 0.29) is 6.04 Å². The highest BCUT2D eigenvalue weighted by atomic mass is 32.2. The molecule has 0 aromatic heterocycles. The van der Waals surface area contributed by atoms with Crippen LogP contribution in [0.2, 0.25) is 0 Å². The molecule has 2 N–H and O–H groups in total. The molecule has 1 aromatic carbocycles. The number of hydrogen-bond donors (Lipinski definition) is 1. The van der Waals surface area contributed by atoms with Crippen molar-refractivity contribution in [2.45, 2.75) is 30.4 Å². The summed E-state index contributed by atoms with van der Waals surface area (Å²) in [4.78, 5) is 2.49. The van der Waals surface area contributed by atoms with E-state index < -0.39 is 0 Å². The standard InChI is InChI=1S/C16H26N2O2S/c1-11-9-18(10-12(2)21-11)14(8-17)13-5-6-15(19-3)16(7-13)20-4/h5-7,11-12,14H,8-10,17H2,1-4H3. The molecule has 0 spiro atoms. The maximum Gasteiger partial charge on any atom is 0.161 e. The van der Waals surface area contributed by atoms with Gasteiger partial charge in [-0.15, -0.1) is 0 Å². The summed E-state index contributed by atoms with van der Waals surface area (Å²) in [5.74, 6) is 1.52. The molecule has 1 aliphatic heterocycles. The highest BCUT2D eigenvalue weighted by Crippen LogP contribution is 2.34. The fourth-order valence-corrected chi connectivity index (χ4v) is 4.38. The zero-order chi connectivity index (χ0) is 15.4. The first kappa shape index (κ1) is 16.5. The normalized spacial score (nSPS) is 24.6. The molecule has 5 heteroatoms. The lowest BCUT2D eigenvalue weighted by molar-refractivity contribution is 0.199. The Morgan fingerprint density at radius 3 is 2.33 bits per heavy atom. The van der Waals surface area contributed by atoms with Gasteiger partial charge in [-0.05, 0) is 17.7 Å². The van der Waals surface area contributed by atoms with Gasteiger partial charge in [0, 0.05) is 36.2 Å². The molecule has 3 atom stereocenters. The van der Waals surface area contributed by atoms with E-state index in [1.165, 1.54) is 5.56 Å². The van der Waals surface area contributed by atoms with Crippen LogP contribution in [0, 0.1) is 0 Å². The van der Waals surface area contributed by atoms with Crippen LogP contribution in [0.1, 0.15) is 25.5 Å². The van der Waals surface area contributed by atoms with Crippen LogP contribution < -0.4 is 15.2 Å². The van der Waals surface area contributed by atoms with E-state index in [1.54, 1.807) is 14.2 Å². The minimum absolute atomic E-state index is 0.232. The second-order valence-electron chi connectivity index (χ2n) is 5.58. The fraction of sp³-hybridized carbons (Fsp3) is 0.625. The zero-order valence-corrected chi connectivity index (χ0v) is 14.2. The van der Waals surface area contributed by atoms with Gasteiger partial charge in [-0.3, -0.25) is 4.90 Å². The summed E-state index contributed by atoms with van der Waals surface area (Å²) in [5.41, 5.74) is 7.26. The lowest BCUT2D eigenvalue weighted by atomic mass is 10.0. The largest absolute Gasteiger partial charge is 0.493 e. The molecule has 0 aliphatic carbocycles. The van der Waals surface area contributed by atoms with Crippen molar-refractivity contribution in [3.8, 4) is 11.5 Å². The number of methoxy groups -OCH3 is 2. The third-order valence-corrected chi connectivity index (χ3v) is 5.13. The van der Waals surface area contributed by atoms with Crippen LogP contribution in [0.5, 0.6) is 11.5 Å². The number of ether oxygens (including phenoxy) is 2. The van der Waals surface area contributed by atoms with E-state index in [1.807, 2.05) is 12.1 Å². The monoisotopic (exact) mass is 310 g/mol. The highest BCUT2D eigenvalue weighted by Gasteiger charge is 2.28. The molecule has 1 fully saturated rings. The van der Waals surface area contributed by atoms with Crippen LogP contribution in [0.4, 0.5) is 0 Å². The Bertz CT molecular complexity index is 460. The van der Waals surface area contributed by atoms with Crippen molar-refractivity contribution >= 4 is 11.8 Å². The molecule has 2 rings (SSSR count). The molecule has 1 saturated heterocycles. The molecule has 1 heterocycles. The van der Waals surface area contributed by atoms with Gasteiger partial charge in [0.15, 0.2) is 11.5 Å². The lowest BCUT2D eigenvalue weighted by Gasteiger charge is -2.39. The van der Waals surface area contributed by atoms with Gasteiger partial charge in [-0.1, -0.05) is 19.9 Å². The van der Waals surface area contributed by atoms with Gasteiger partial charge in [0.2, 0.25) is 0 Å². The Morgan fingerprint density at radius 1 is 1.19 bits per heavy atom. The maximum absolute atomic E-state index is 6.07. The Balaban J connectivity index is 2.24. The predicted molar refractivity (Wildman–Crippen MR) is 89.4 cm³/mol. The summed E-state index contributed by atoms with van der Waals surface area (Å²) < 4.78 is 10.7. The molecule has 4 nitrogen and oxygen atoms in total. The van der Waals surface area contributed by atoms with Crippen LogP contribution in [0.3, 0.4) is 0 Å². The zero-order valence-electron chi connectivity index (χ0n) is 13.3. The van der Waals surface area contributed by atoms with Gasteiger partial charge < -0.3 is 15.2 Å². The summed E-state index contributed by atoms with van der Waals surface area (Å²) in [7, 11) is 3.32. The number of nitrogens with zero attached hydrogens (tertiary/aromatic N) is 1. The van der Waals surface area contributed by atoms with Crippen molar-refractivity contribution in [2.75, 3.05) is 33.9 Å². The number of thioether (sulfide) groups is 1. The predicted octanol–water partition coefficient (Wildman–Crippen LogP) is 2.53. The van der Waals surface area contributed by atoms with Crippen LogP contribution in [0.15, 0.2) is 18.2 Å². The smallest absolute Gasteiger partial charge is 0.161 e. The van der Waals surface area contributed by atoms with Crippen LogP contribution in [-0.4, -0.2) is 49.3 Å². The Labute approximate surface area is 132 Å². The third-order valence-electron chi connectivity index (χ3n) is 3.90. The van der Waals surface area contributed by atoms with Crippen molar-refractivity contribution in [2.24, 2.45) is 5.73 Å². The number of benzene rings is 1. The van der Waals surface area contributed by atoms with E-state index in [0.717, 1.165) is 24.6 Å². The van der Waals surface area contributed by atoms with E-state index in [0.29, 0.717) is 17.0 Å². The molecular formula is C16H26N2O2S. The molecule has 0 amide bonds. The number of rotatable bonds is 5. The van der Waals surface area contributed by atoms with Crippen molar-refractivity contribution < 1.29 is 9.47 Å². The van der Waals surface area contributed by atoms with E-state index >= 15 is 0 Å². The minimum Gasteiger partial charge on any atom is -0.493 e. The van der Waals surface area contributed by atoms with Gasteiger partial charge in [0.25, 0.3) is 0 Å². The van der Waals surface area contributed by atoms with Crippen LogP contribution in [-0.2, 0) is 0 Å². The molecule has 1 aromatic rings. The second-order valence-corrected chi connectivity index (χ2v) is 7.46. The summed E-state index contributed by atoms with van der Waals surface area (Å²) >= 11 is 2.05. The average molecular weight is 310 g/mol. The van der Waals surface area contributed by atoms with E-state index in [2.05, 4.69) is 36.6 Å². The van der Waals surface area contributed by atoms with Gasteiger partial charge in [-0.25, -0.2) is 0 Å². The van der Waals surface area contributed by atoms with Crippen molar-refractivity contribution in [1.29, 1.82) is 0 Å². The van der Waals surface area contributed by atoms with Gasteiger partial charge in [-0.2, -0.15) is 11.8 Å². The van der Waals surface area contributed by atoms with Crippen molar-refractivity contribution in [3.63, 3.8) is 0 Å². The van der Waals surface area contributed by atoms with Crippen LogP contribution >= 0.6 is 11.8 Å². The highest BCUT2D eigenvalue weighted by molar-refractivity contribution is 8.00. The van der Waals surface area contributed by atoms with Crippen molar-refractivity contribution in [1.82, 2.24) is 4.90 Å². The first-order chi connectivity index (χ1) is 10.1. The van der Waals surface area contributed by atoms with Gasteiger partial charge in [0.1, 0.15) is 0 Å². The van der Waals surface area contributed by atoms with E-state index in [4.69, 9.17) is 15.2 Å². The first-order valence-corrected chi connectivity index (χ1v) is 8.34. The van der Waals surface area contributed by atoms with Gasteiger partial charge in [0.05, 0.1) is 14.2 Å². The first-order valence-electron chi connectivity index (χ1n) is 7.40. The molecule has 0 radical (unpaired) electrons. The summed E-state index contributed by atoms with van der Waals surface area (Å²) in [5, 5.41) is 1.28. The maximum atomic E-state index is 6.07. The third kappa shape index (κ3) is 3.84. The molecular weight excluding hydrogens is 284 g/mol. The molecule has 118 valence electrons. The Kier molecular flexibility index (Phi) is 5.79. The molecule has 21 heavy (non-hydrogen) atoms. The SMILES string of the molecule is COc1ccc(C(CN)N2CC(C)SC(C)C2)cc1OC. The topological polar surface area (TPSA) is 47.7 Å². The average Bonchev–Trinajstić information content (AvgIpc) is 2.46. The summed E-state index contributed by atoms with van der Waals surface area (Å²) in [6, 6.07) is 6.34. The Hall–Kier alpha value is -0.910. The molecule has 3 unspecified atom stereocenters. The summed E-state index contributed by atoms with van der Waals surface area (Å²) in [6.07, 6.45) is 0. The van der Waals surface area contributed by atoms with E-state index in [9.17, 15) is 0 Å². The minimum atomic E-state index is 0.232. The lowest BCUT2D eigenvalue weighted by Crippen LogP contribution is -2.44. The second kappa shape index (κ2) is 7.38. The van der Waals surface area contributed by atoms with Gasteiger partial charge >= 0.3 is 0 Å². The molecule has 1 aliphatic rings. The molecule has 0 bridgehead atoms. The molecule has 0 saturated carbocycles. The fourth-order valence-electron chi connectivity index (χ4n) is 3.03. The summed E-state index contributed by atoms with van der Waals surface area (Å²) in [6.45, 7) is 7.33. The number of hydrogen-bond acceptors (Lipinski definition) is 5. The quantitative estimate of drug-likeness (QED) is 0.905. The van der Waals surface area contributed by atoms with Crippen LogP contribution in [0.25, 0.3) is 0 Å². The Morgan fingerprint density at radius 2 is 1.81 bits per heavy atom. The number of nitrogens with two attached hydrogens (primary N) is 1. The van der Waals surface area contributed by atoms with Crippen molar-refractivity contribution in [3.05, 3.63) is 23.8 Å².